The van der Waals surface area contributed by atoms with Gasteiger partial charge in [0.15, 0.2) is 9.84 Å². The number of hydrogen-bond acceptors (Lipinski definition) is 6. The van der Waals surface area contributed by atoms with Gasteiger partial charge in [-0.05, 0) is 49.8 Å². The second-order valence-electron chi connectivity index (χ2n) is 5.59. The Balaban J connectivity index is 2.16. The number of rotatable bonds is 7. The summed E-state index contributed by atoms with van der Waals surface area (Å²) >= 11 is 1.57. The van der Waals surface area contributed by atoms with E-state index in [1.165, 1.54) is 24.3 Å². The zero-order chi connectivity index (χ0) is 18.0. The van der Waals surface area contributed by atoms with Crippen molar-refractivity contribution in [1.29, 1.82) is 0 Å². The van der Waals surface area contributed by atoms with Crippen molar-refractivity contribution in [2.24, 2.45) is 0 Å². The maximum absolute atomic E-state index is 12.4. The van der Waals surface area contributed by atoms with Crippen molar-refractivity contribution < 1.29 is 16.8 Å². The van der Waals surface area contributed by atoms with Crippen molar-refractivity contribution in [2.75, 3.05) is 26.9 Å². The largest absolute Gasteiger partial charge is 0.300 e. The average molecular weight is 389 g/mol. The molecule has 1 unspecified atom stereocenters. The summed E-state index contributed by atoms with van der Waals surface area (Å²) in [4.78, 5) is 3.14. The molecule has 2 rings (SSSR count). The van der Waals surface area contributed by atoms with Gasteiger partial charge in [0.05, 0.1) is 15.8 Å². The lowest BCUT2D eigenvalue weighted by molar-refractivity contribution is 0.303. The highest BCUT2D eigenvalue weighted by Gasteiger charge is 2.20. The van der Waals surface area contributed by atoms with Crippen LogP contribution in [0.25, 0.3) is 0 Å². The lowest BCUT2D eigenvalue weighted by Gasteiger charge is -2.23. The van der Waals surface area contributed by atoms with Crippen molar-refractivity contribution in [3.63, 3.8) is 0 Å². The third kappa shape index (κ3) is 4.64. The molecule has 0 fully saturated rings. The van der Waals surface area contributed by atoms with Crippen molar-refractivity contribution in [3.8, 4) is 0 Å². The Morgan fingerprint density at radius 3 is 2.08 bits per heavy atom. The molecule has 24 heavy (non-hydrogen) atoms. The van der Waals surface area contributed by atoms with E-state index >= 15 is 0 Å². The van der Waals surface area contributed by atoms with E-state index in [4.69, 9.17) is 0 Å². The predicted molar refractivity (Wildman–Crippen MR) is 95.5 cm³/mol. The molecule has 0 aliphatic carbocycles. The summed E-state index contributed by atoms with van der Waals surface area (Å²) in [7, 11) is -3.28. The van der Waals surface area contributed by atoms with E-state index in [2.05, 4.69) is 4.72 Å². The standard InChI is InChI=1S/C15H20N2O4S3/c1-17(2)14(15-5-4-10-22-15)11-16-24(20,21)13-8-6-12(7-9-13)23(3,18)19/h4-10,14,16H,11H2,1-3H3. The van der Waals surface area contributed by atoms with E-state index < -0.39 is 19.9 Å². The first-order valence-electron chi connectivity index (χ1n) is 7.11. The fourth-order valence-electron chi connectivity index (χ4n) is 2.16. The zero-order valence-electron chi connectivity index (χ0n) is 13.6. The Morgan fingerprint density at radius 1 is 1.04 bits per heavy atom. The number of sulfone groups is 1. The van der Waals surface area contributed by atoms with Gasteiger partial charge >= 0.3 is 0 Å². The monoisotopic (exact) mass is 388 g/mol. The molecule has 0 radical (unpaired) electrons. The fraction of sp³-hybridized carbons (Fsp3) is 0.333. The molecule has 6 nitrogen and oxygen atoms in total. The molecule has 0 bridgehead atoms. The van der Waals surface area contributed by atoms with E-state index in [1.807, 2.05) is 36.5 Å². The number of thiophene rings is 1. The van der Waals surface area contributed by atoms with E-state index in [1.54, 1.807) is 11.3 Å². The number of nitrogens with zero attached hydrogens (tertiary/aromatic N) is 1. The van der Waals surface area contributed by atoms with Gasteiger partial charge in [0.2, 0.25) is 10.0 Å². The molecule has 0 saturated carbocycles. The van der Waals surface area contributed by atoms with Crippen molar-refractivity contribution in [2.45, 2.75) is 15.8 Å². The molecular formula is C15H20N2O4S3. The highest BCUT2D eigenvalue weighted by Crippen LogP contribution is 2.23. The second kappa shape index (κ2) is 7.32. The van der Waals surface area contributed by atoms with Gasteiger partial charge in [-0.2, -0.15) is 0 Å². The van der Waals surface area contributed by atoms with Crippen LogP contribution in [0.3, 0.4) is 0 Å². The highest BCUT2D eigenvalue weighted by molar-refractivity contribution is 7.90. The van der Waals surface area contributed by atoms with Gasteiger partial charge in [0.25, 0.3) is 0 Å². The Hall–Kier alpha value is -1.26. The van der Waals surface area contributed by atoms with Gasteiger partial charge in [-0.3, -0.25) is 0 Å². The molecule has 1 atom stereocenters. The molecule has 1 aromatic carbocycles. The summed E-state index contributed by atoms with van der Waals surface area (Å²) in [6.07, 6.45) is 1.08. The topological polar surface area (TPSA) is 83.6 Å². The Labute approximate surface area is 147 Å². The second-order valence-corrected chi connectivity index (χ2v) is 10.4. The van der Waals surface area contributed by atoms with Crippen LogP contribution in [0.5, 0.6) is 0 Å². The molecular weight excluding hydrogens is 368 g/mol. The van der Waals surface area contributed by atoms with Crippen LogP contribution in [0.1, 0.15) is 10.9 Å². The molecule has 9 heteroatoms. The minimum atomic E-state index is -3.71. The number of hydrogen-bond donors (Lipinski definition) is 1. The minimum Gasteiger partial charge on any atom is -0.300 e. The highest BCUT2D eigenvalue weighted by atomic mass is 32.2. The van der Waals surface area contributed by atoms with Crippen LogP contribution in [0, 0.1) is 0 Å². The van der Waals surface area contributed by atoms with Gasteiger partial charge in [-0.1, -0.05) is 6.07 Å². The number of nitrogens with one attached hydrogen (secondary N) is 1. The first-order valence-corrected chi connectivity index (χ1v) is 11.4. The third-order valence-electron chi connectivity index (χ3n) is 3.52. The predicted octanol–water partition coefficient (Wildman–Crippen LogP) is 1.73. The molecule has 0 aliphatic rings. The molecule has 1 aromatic heterocycles. The zero-order valence-corrected chi connectivity index (χ0v) is 16.1. The first-order chi connectivity index (χ1) is 11.1. The van der Waals surface area contributed by atoms with Crippen molar-refractivity contribution in [1.82, 2.24) is 9.62 Å². The van der Waals surface area contributed by atoms with Gasteiger partial charge in [-0.15, -0.1) is 11.3 Å². The summed E-state index contributed by atoms with van der Waals surface area (Å²) in [5.41, 5.74) is 0. The lowest BCUT2D eigenvalue weighted by Crippen LogP contribution is -2.34. The molecule has 0 aliphatic heterocycles. The molecule has 132 valence electrons. The number of likely N-dealkylation sites (N-methyl/N-ethyl adjacent to an activating group) is 1. The minimum absolute atomic E-state index is 0.0404. The summed E-state index contributed by atoms with van der Waals surface area (Å²) in [5, 5.41) is 1.95. The lowest BCUT2D eigenvalue weighted by atomic mass is 10.2. The van der Waals surface area contributed by atoms with Gasteiger partial charge in [0.1, 0.15) is 0 Å². The van der Waals surface area contributed by atoms with Crippen LogP contribution in [0.15, 0.2) is 51.6 Å². The van der Waals surface area contributed by atoms with Crippen molar-refractivity contribution >= 4 is 31.2 Å². The van der Waals surface area contributed by atoms with Crippen molar-refractivity contribution in [3.05, 3.63) is 46.7 Å². The SMILES string of the molecule is CN(C)C(CNS(=O)(=O)c1ccc(S(C)(=O)=O)cc1)c1cccs1. The average Bonchev–Trinajstić information content (AvgIpc) is 3.00. The molecule has 0 saturated heterocycles. The van der Waals surface area contributed by atoms with E-state index in [0.29, 0.717) is 0 Å². The molecule has 2 aromatic rings. The van der Waals surface area contributed by atoms with E-state index in [-0.39, 0.29) is 22.4 Å². The Bertz CT molecular complexity index is 871. The summed E-state index contributed by atoms with van der Waals surface area (Å²) in [5.74, 6) is 0. The van der Waals surface area contributed by atoms with Gasteiger partial charge in [0, 0.05) is 17.7 Å². The Kier molecular flexibility index (Phi) is 5.82. The normalized spacial score (nSPS) is 14.0. The third-order valence-corrected chi connectivity index (χ3v) is 7.07. The maximum Gasteiger partial charge on any atom is 0.240 e. The summed E-state index contributed by atoms with van der Waals surface area (Å²) in [6, 6.07) is 9.01. The quantitative estimate of drug-likeness (QED) is 0.781. The number of benzene rings is 1. The van der Waals surface area contributed by atoms with Crippen LogP contribution in [0.2, 0.25) is 0 Å². The summed E-state index contributed by atoms with van der Waals surface area (Å²) < 4.78 is 50.3. The van der Waals surface area contributed by atoms with Crippen LogP contribution >= 0.6 is 11.3 Å². The van der Waals surface area contributed by atoms with Crippen LogP contribution in [-0.2, 0) is 19.9 Å². The van der Waals surface area contributed by atoms with Crippen LogP contribution < -0.4 is 4.72 Å². The molecule has 0 amide bonds. The molecule has 0 spiro atoms. The maximum atomic E-state index is 12.4. The van der Waals surface area contributed by atoms with Crippen LogP contribution in [0.4, 0.5) is 0 Å². The van der Waals surface area contributed by atoms with Gasteiger partial charge < -0.3 is 4.90 Å². The Morgan fingerprint density at radius 2 is 1.62 bits per heavy atom. The molecule has 1 heterocycles. The van der Waals surface area contributed by atoms with Crippen LogP contribution in [-0.4, -0.2) is 48.6 Å². The van der Waals surface area contributed by atoms with E-state index in [9.17, 15) is 16.8 Å². The van der Waals surface area contributed by atoms with Gasteiger partial charge in [-0.25, -0.2) is 21.6 Å². The smallest absolute Gasteiger partial charge is 0.240 e. The summed E-state index contributed by atoms with van der Waals surface area (Å²) in [6.45, 7) is 0.226. The first kappa shape index (κ1) is 19.1. The fourth-order valence-corrected chi connectivity index (χ4v) is 4.75. The number of sulfonamides is 1. The van der Waals surface area contributed by atoms with E-state index in [0.717, 1.165) is 11.1 Å². The molecule has 1 N–H and O–H groups in total.